The molecule has 2 aromatic carbocycles. The zero-order valence-electron chi connectivity index (χ0n) is 16.0. The molecule has 8 heteroatoms. The quantitative estimate of drug-likeness (QED) is 0.743. The normalized spacial score (nSPS) is 17.8. The molecule has 0 radical (unpaired) electrons. The number of piperidine rings is 1. The smallest absolute Gasteiger partial charge is 0.243 e. The van der Waals surface area contributed by atoms with E-state index in [1.54, 1.807) is 12.1 Å². The Hall–Kier alpha value is -2.32. The maximum absolute atomic E-state index is 13.1. The number of hydrogen-bond acceptors (Lipinski definition) is 3. The highest BCUT2D eigenvalue weighted by Gasteiger charge is 2.30. The van der Waals surface area contributed by atoms with Gasteiger partial charge in [-0.25, -0.2) is 17.2 Å². The van der Waals surface area contributed by atoms with Crippen LogP contribution < -0.4 is 5.32 Å². The highest BCUT2D eigenvalue weighted by Crippen LogP contribution is 2.26. The van der Waals surface area contributed by atoms with Crippen LogP contribution in [0.15, 0.2) is 53.4 Å². The van der Waals surface area contributed by atoms with Crippen LogP contribution in [0.1, 0.15) is 31.2 Å². The van der Waals surface area contributed by atoms with Gasteiger partial charge in [-0.05, 0) is 67.1 Å². The molecule has 1 heterocycles. The Morgan fingerprint density at radius 1 is 1.03 bits per heavy atom. The molecule has 1 atom stereocenters. The van der Waals surface area contributed by atoms with E-state index in [2.05, 4.69) is 5.32 Å². The predicted octanol–water partition coefficient (Wildman–Crippen LogP) is 3.46. The van der Waals surface area contributed by atoms with Crippen molar-refractivity contribution in [2.24, 2.45) is 5.92 Å². The Labute approximate surface area is 169 Å². The molecule has 1 fully saturated rings. The lowest BCUT2D eigenvalue weighted by molar-refractivity contribution is -0.121. The zero-order valence-corrected chi connectivity index (χ0v) is 16.8. The van der Waals surface area contributed by atoms with Crippen LogP contribution in [0, 0.1) is 17.6 Å². The van der Waals surface area contributed by atoms with Crippen LogP contribution in [0.5, 0.6) is 0 Å². The Morgan fingerprint density at radius 2 is 1.66 bits per heavy atom. The van der Waals surface area contributed by atoms with Gasteiger partial charge in [-0.2, -0.15) is 4.31 Å². The lowest BCUT2D eigenvalue weighted by Gasteiger charge is -2.32. The third-order valence-electron chi connectivity index (χ3n) is 5.12. The molecule has 1 unspecified atom stereocenters. The monoisotopic (exact) mass is 422 g/mol. The summed E-state index contributed by atoms with van der Waals surface area (Å²) >= 11 is 0. The van der Waals surface area contributed by atoms with Crippen molar-refractivity contribution in [3.8, 4) is 0 Å². The number of amides is 1. The van der Waals surface area contributed by atoms with E-state index in [9.17, 15) is 22.0 Å². The molecule has 0 spiro atoms. The van der Waals surface area contributed by atoms with Gasteiger partial charge in [-0.1, -0.05) is 12.1 Å². The molecule has 1 saturated heterocycles. The maximum Gasteiger partial charge on any atom is 0.243 e. The minimum Gasteiger partial charge on any atom is -0.352 e. The van der Waals surface area contributed by atoms with Gasteiger partial charge in [0.25, 0.3) is 0 Å². The summed E-state index contributed by atoms with van der Waals surface area (Å²) in [5.41, 5.74) is 0.814. The first-order valence-electron chi connectivity index (χ1n) is 9.61. The van der Waals surface area contributed by atoms with Gasteiger partial charge in [-0.15, -0.1) is 0 Å². The first-order chi connectivity index (χ1) is 13.8. The molecular weight excluding hydrogens is 398 g/mol. The number of nitrogens with zero attached hydrogens (tertiary/aromatic N) is 1. The molecule has 1 N–H and O–H groups in total. The number of halogens is 2. The number of hydrogen-bond donors (Lipinski definition) is 1. The van der Waals surface area contributed by atoms with Crippen LogP contribution in [0.25, 0.3) is 0 Å². The molecular formula is C21H24F2N2O3S. The van der Waals surface area contributed by atoms with Gasteiger partial charge in [0.15, 0.2) is 0 Å². The van der Waals surface area contributed by atoms with Gasteiger partial charge in [-0.3, -0.25) is 4.79 Å². The molecule has 1 aliphatic rings. The molecule has 3 rings (SSSR count). The second-order valence-electron chi connectivity index (χ2n) is 7.27. The van der Waals surface area contributed by atoms with Gasteiger partial charge in [0.1, 0.15) is 11.6 Å². The van der Waals surface area contributed by atoms with Gasteiger partial charge in [0.05, 0.1) is 4.90 Å². The Morgan fingerprint density at radius 3 is 2.31 bits per heavy atom. The van der Waals surface area contributed by atoms with Crippen LogP contribution in [-0.2, 0) is 21.4 Å². The second-order valence-corrected chi connectivity index (χ2v) is 9.21. The summed E-state index contributed by atoms with van der Waals surface area (Å²) in [4.78, 5) is 12.2. The zero-order chi connectivity index (χ0) is 20.9. The first-order valence-corrected chi connectivity index (χ1v) is 11.1. The van der Waals surface area contributed by atoms with E-state index in [1.165, 1.54) is 28.6 Å². The van der Waals surface area contributed by atoms with Gasteiger partial charge in [0, 0.05) is 26.1 Å². The average molecular weight is 422 g/mol. The number of sulfonamides is 1. The second kappa shape index (κ2) is 9.45. The van der Waals surface area contributed by atoms with Crippen LogP contribution in [0.4, 0.5) is 8.78 Å². The molecule has 1 aliphatic heterocycles. The summed E-state index contributed by atoms with van der Waals surface area (Å²) in [5, 5.41) is 2.80. The van der Waals surface area contributed by atoms with Crippen molar-refractivity contribution in [3.63, 3.8) is 0 Å². The lowest BCUT2D eigenvalue weighted by Crippen LogP contribution is -2.40. The first kappa shape index (κ1) is 21.4. The summed E-state index contributed by atoms with van der Waals surface area (Å²) in [5.74, 6) is -0.826. The van der Waals surface area contributed by atoms with E-state index in [-0.39, 0.29) is 22.5 Å². The lowest BCUT2D eigenvalue weighted by atomic mass is 9.94. The van der Waals surface area contributed by atoms with Gasteiger partial charge >= 0.3 is 0 Å². The highest BCUT2D eigenvalue weighted by molar-refractivity contribution is 7.89. The molecule has 156 valence electrons. The van der Waals surface area contributed by atoms with Crippen molar-refractivity contribution in [1.29, 1.82) is 0 Å². The fourth-order valence-corrected chi connectivity index (χ4v) is 5.02. The minimum absolute atomic E-state index is 0.0802. The minimum atomic E-state index is -3.66. The van der Waals surface area contributed by atoms with E-state index < -0.39 is 15.8 Å². The van der Waals surface area contributed by atoms with Crippen LogP contribution in [-0.4, -0.2) is 31.7 Å². The third kappa shape index (κ3) is 5.83. The summed E-state index contributed by atoms with van der Waals surface area (Å²) in [6, 6.07) is 10.8. The molecule has 5 nitrogen and oxygen atoms in total. The average Bonchev–Trinajstić information content (AvgIpc) is 2.72. The van der Waals surface area contributed by atoms with E-state index in [1.807, 2.05) is 0 Å². The fourth-order valence-electron chi connectivity index (χ4n) is 3.46. The maximum atomic E-state index is 13.1. The van der Waals surface area contributed by atoms with Crippen molar-refractivity contribution < 1.29 is 22.0 Å². The summed E-state index contributed by atoms with van der Waals surface area (Å²) in [6.45, 7) is 1.10. The number of carbonyl (C=O) groups is 1. The van der Waals surface area contributed by atoms with E-state index in [0.717, 1.165) is 30.5 Å². The molecule has 29 heavy (non-hydrogen) atoms. The van der Waals surface area contributed by atoms with Gasteiger partial charge < -0.3 is 5.32 Å². The van der Waals surface area contributed by atoms with E-state index in [0.29, 0.717) is 32.5 Å². The Bertz CT molecular complexity index is 931. The highest BCUT2D eigenvalue weighted by atomic mass is 32.2. The molecule has 0 aliphatic carbocycles. The van der Waals surface area contributed by atoms with Crippen molar-refractivity contribution in [2.75, 3.05) is 13.1 Å². The van der Waals surface area contributed by atoms with Crippen molar-refractivity contribution in [3.05, 3.63) is 65.7 Å². The number of benzene rings is 2. The standard InChI is InChI=1S/C21H24F2N2O3S/c22-18-6-3-16(4-7-18)14-24-21(26)12-5-17-2-1-13-25(15-17)29(27,28)20-10-8-19(23)9-11-20/h3-4,6-11,17H,1-2,5,12-15H2,(H,24,26). The number of nitrogens with one attached hydrogen (secondary N) is 1. The molecule has 0 aromatic heterocycles. The van der Waals surface area contributed by atoms with Crippen LogP contribution >= 0.6 is 0 Å². The fraction of sp³-hybridized carbons (Fsp3) is 0.381. The van der Waals surface area contributed by atoms with Crippen molar-refractivity contribution in [1.82, 2.24) is 9.62 Å². The number of rotatable bonds is 7. The molecule has 1 amide bonds. The largest absolute Gasteiger partial charge is 0.352 e. The molecule has 0 bridgehead atoms. The summed E-state index contributed by atoms with van der Waals surface area (Å²) in [7, 11) is -3.66. The predicted molar refractivity (Wildman–Crippen MR) is 105 cm³/mol. The van der Waals surface area contributed by atoms with E-state index >= 15 is 0 Å². The van der Waals surface area contributed by atoms with E-state index in [4.69, 9.17) is 0 Å². The van der Waals surface area contributed by atoms with Crippen molar-refractivity contribution in [2.45, 2.75) is 37.1 Å². The number of carbonyl (C=O) groups excluding carboxylic acids is 1. The van der Waals surface area contributed by atoms with Crippen LogP contribution in [0.3, 0.4) is 0 Å². The molecule has 2 aromatic rings. The van der Waals surface area contributed by atoms with Crippen molar-refractivity contribution >= 4 is 15.9 Å². The Kier molecular flexibility index (Phi) is 6.97. The Balaban J connectivity index is 1.49. The third-order valence-corrected chi connectivity index (χ3v) is 7.00. The van der Waals surface area contributed by atoms with Crippen LogP contribution in [0.2, 0.25) is 0 Å². The summed E-state index contributed by atoms with van der Waals surface area (Å²) in [6.07, 6.45) is 2.48. The molecule has 0 saturated carbocycles. The SMILES string of the molecule is O=C(CCC1CCCN(S(=O)(=O)c2ccc(F)cc2)C1)NCc1ccc(F)cc1. The topological polar surface area (TPSA) is 66.5 Å². The van der Waals surface area contributed by atoms with Gasteiger partial charge in [0.2, 0.25) is 15.9 Å². The summed E-state index contributed by atoms with van der Waals surface area (Å²) < 4.78 is 52.9.